The maximum Gasteiger partial charge on any atom is 0.170 e. The lowest BCUT2D eigenvalue weighted by Crippen LogP contribution is -2.32. The molecule has 4 heterocycles. The molecule has 29 heavy (non-hydrogen) atoms. The van der Waals surface area contributed by atoms with Gasteiger partial charge in [-0.3, -0.25) is 4.98 Å². The molecule has 1 fully saturated rings. The molecule has 3 aromatic rings. The molecule has 0 aliphatic carbocycles. The molecule has 0 aromatic carbocycles. The first-order valence-electron chi connectivity index (χ1n) is 9.76. The molecule has 0 bridgehead atoms. The quantitative estimate of drug-likeness (QED) is 0.477. The highest BCUT2D eigenvalue weighted by Gasteiger charge is 2.41. The topological polar surface area (TPSA) is 55.2 Å². The van der Waals surface area contributed by atoms with E-state index in [4.69, 9.17) is 17.0 Å². The van der Waals surface area contributed by atoms with Gasteiger partial charge in [-0.1, -0.05) is 12.1 Å². The fourth-order valence-corrected chi connectivity index (χ4v) is 4.13. The van der Waals surface area contributed by atoms with Gasteiger partial charge in [0.05, 0.1) is 17.8 Å². The number of nitrogens with one attached hydrogen (secondary N) is 1. The van der Waals surface area contributed by atoms with Crippen LogP contribution in [0.5, 0.6) is 0 Å². The van der Waals surface area contributed by atoms with Crippen LogP contribution in [0.3, 0.4) is 0 Å². The van der Waals surface area contributed by atoms with Crippen LogP contribution in [0.2, 0.25) is 0 Å². The van der Waals surface area contributed by atoms with Crippen molar-refractivity contribution < 1.29 is 4.74 Å². The predicted molar refractivity (Wildman–Crippen MR) is 117 cm³/mol. The standard InChI is InChI=1S/C22H25N5OS/c1-16-9-10-19(24-15-16)26-12-5-8-18(26)21-20(17-7-3-4-11-23-17)25-22(29)27(21)13-6-14-28-2/h3-5,7-12,15,20-21H,6,13-14H2,1-2H3,(H,25,29). The second-order valence-corrected chi connectivity index (χ2v) is 7.55. The Labute approximate surface area is 176 Å². The molecular formula is C22H25N5OS. The van der Waals surface area contributed by atoms with Crippen molar-refractivity contribution in [3.63, 3.8) is 0 Å². The van der Waals surface area contributed by atoms with Gasteiger partial charge in [0.25, 0.3) is 0 Å². The van der Waals surface area contributed by atoms with Crippen molar-refractivity contribution in [3.8, 4) is 5.82 Å². The van der Waals surface area contributed by atoms with Gasteiger partial charge >= 0.3 is 0 Å². The van der Waals surface area contributed by atoms with Crippen molar-refractivity contribution in [1.82, 2.24) is 24.8 Å². The van der Waals surface area contributed by atoms with Gasteiger partial charge in [0, 0.05) is 44.5 Å². The van der Waals surface area contributed by atoms with Crippen LogP contribution in [0.25, 0.3) is 5.82 Å². The van der Waals surface area contributed by atoms with E-state index in [9.17, 15) is 0 Å². The predicted octanol–water partition coefficient (Wildman–Crippen LogP) is 3.58. The Bertz CT molecular complexity index is 957. The van der Waals surface area contributed by atoms with Crippen LogP contribution >= 0.6 is 12.2 Å². The van der Waals surface area contributed by atoms with Gasteiger partial charge in [-0.15, -0.1) is 0 Å². The molecule has 4 rings (SSSR count). The Balaban J connectivity index is 1.75. The summed E-state index contributed by atoms with van der Waals surface area (Å²) in [5.41, 5.74) is 3.24. The summed E-state index contributed by atoms with van der Waals surface area (Å²) in [6.07, 6.45) is 6.67. The summed E-state index contributed by atoms with van der Waals surface area (Å²) in [6.45, 7) is 3.54. The number of hydrogen-bond acceptors (Lipinski definition) is 4. The number of ether oxygens (including phenoxy) is 1. The number of nitrogens with zero attached hydrogens (tertiary/aromatic N) is 4. The maximum atomic E-state index is 5.72. The molecule has 0 radical (unpaired) electrons. The molecule has 6 nitrogen and oxygen atoms in total. The van der Waals surface area contributed by atoms with E-state index >= 15 is 0 Å². The van der Waals surface area contributed by atoms with Crippen molar-refractivity contribution in [2.75, 3.05) is 20.3 Å². The smallest absolute Gasteiger partial charge is 0.170 e. The van der Waals surface area contributed by atoms with Gasteiger partial charge in [0.2, 0.25) is 0 Å². The van der Waals surface area contributed by atoms with Crippen molar-refractivity contribution >= 4 is 17.3 Å². The molecule has 0 spiro atoms. The molecule has 7 heteroatoms. The van der Waals surface area contributed by atoms with Gasteiger partial charge in [-0.25, -0.2) is 4.98 Å². The lowest BCUT2D eigenvalue weighted by atomic mass is 10.0. The lowest BCUT2D eigenvalue weighted by Gasteiger charge is -2.28. The number of pyridine rings is 2. The average molecular weight is 408 g/mol. The fraction of sp³-hybridized carbons (Fsp3) is 0.318. The van der Waals surface area contributed by atoms with Crippen molar-refractivity contribution in [1.29, 1.82) is 0 Å². The van der Waals surface area contributed by atoms with E-state index in [0.717, 1.165) is 40.8 Å². The molecule has 3 aromatic heterocycles. The molecule has 1 aliphatic rings. The minimum absolute atomic E-state index is 0.00681. The molecule has 2 unspecified atom stereocenters. The molecular weight excluding hydrogens is 382 g/mol. The highest BCUT2D eigenvalue weighted by molar-refractivity contribution is 7.80. The van der Waals surface area contributed by atoms with E-state index in [1.165, 1.54) is 0 Å². The van der Waals surface area contributed by atoms with Crippen LogP contribution in [-0.4, -0.2) is 44.8 Å². The summed E-state index contributed by atoms with van der Waals surface area (Å²) in [6, 6.07) is 14.3. The summed E-state index contributed by atoms with van der Waals surface area (Å²) in [5.74, 6) is 0.894. The summed E-state index contributed by atoms with van der Waals surface area (Å²) in [4.78, 5) is 11.5. The number of thiocarbonyl (C=S) groups is 1. The van der Waals surface area contributed by atoms with E-state index < -0.39 is 0 Å². The molecule has 0 amide bonds. The summed E-state index contributed by atoms with van der Waals surface area (Å²) < 4.78 is 7.40. The van der Waals surface area contributed by atoms with Crippen LogP contribution in [0, 0.1) is 6.92 Å². The third-order valence-corrected chi connectivity index (χ3v) is 5.52. The van der Waals surface area contributed by atoms with Gasteiger partial charge < -0.3 is 19.5 Å². The summed E-state index contributed by atoms with van der Waals surface area (Å²) in [7, 11) is 1.73. The van der Waals surface area contributed by atoms with E-state index in [2.05, 4.69) is 49.1 Å². The fourth-order valence-electron chi connectivity index (χ4n) is 3.79. The van der Waals surface area contributed by atoms with Gasteiger partial charge in [-0.05, 0) is 61.5 Å². The van der Waals surface area contributed by atoms with E-state index in [-0.39, 0.29) is 12.1 Å². The number of aromatic nitrogens is 3. The Morgan fingerprint density at radius 1 is 1.14 bits per heavy atom. The first-order valence-corrected chi connectivity index (χ1v) is 10.2. The zero-order valence-electron chi connectivity index (χ0n) is 16.7. The van der Waals surface area contributed by atoms with Crippen LogP contribution in [0.15, 0.2) is 61.1 Å². The highest BCUT2D eigenvalue weighted by atomic mass is 32.1. The van der Waals surface area contributed by atoms with Crippen LogP contribution in [-0.2, 0) is 4.74 Å². The summed E-state index contributed by atoms with van der Waals surface area (Å²) >= 11 is 5.72. The zero-order chi connectivity index (χ0) is 20.2. The first-order chi connectivity index (χ1) is 14.2. The van der Waals surface area contributed by atoms with Crippen molar-refractivity contribution in [2.24, 2.45) is 0 Å². The third kappa shape index (κ3) is 4.02. The van der Waals surface area contributed by atoms with E-state index in [0.29, 0.717) is 6.61 Å². The molecule has 1 aliphatic heterocycles. The summed E-state index contributed by atoms with van der Waals surface area (Å²) in [5, 5.41) is 4.24. The first kappa shape index (κ1) is 19.5. The maximum absolute atomic E-state index is 5.72. The third-order valence-electron chi connectivity index (χ3n) is 5.17. The molecule has 1 N–H and O–H groups in total. The Morgan fingerprint density at radius 2 is 2.03 bits per heavy atom. The SMILES string of the molecule is COCCCN1C(=S)NC(c2ccccn2)C1c1cccn1-c1ccc(C)cn1. The van der Waals surface area contributed by atoms with Gasteiger partial charge in [-0.2, -0.15) is 0 Å². The van der Waals surface area contributed by atoms with Crippen LogP contribution < -0.4 is 5.32 Å². The Morgan fingerprint density at radius 3 is 2.76 bits per heavy atom. The number of hydrogen-bond donors (Lipinski definition) is 1. The molecule has 1 saturated heterocycles. The monoisotopic (exact) mass is 407 g/mol. The Hall–Kier alpha value is -2.77. The molecule has 150 valence electrons. The minimum Gasteiger partial charge on any atom is -0.385 e. The molecule has 0 saturated carbocycles. The average Bonchev–Trinajstić information content (AvgIpc) is 3.34. The van der Waals surface area contributed by atoms with Gasteiger partial charge in [0.15, 0.2) is 5.11 Å². The minimum atomic E-state index is -0.0367. The number of rotatable bonds is 7. The normalized spacial score (nSPS) is 18.8. The van der Waals surface area contributed by atoms with Crippen molar-refractivity contribution in [3.05, 3.63) is 78.0 Å². The number of aryl methyl sites for hydroxylation is 1. The lowest BCUT2D eigenvalue weighted by molar-refractivity contribution is 0.180. The van der Waals surface area contributed by atoms with E-state index in [1.54, 1.807) is 7.11 Å². The Kier molecular flexibility index (Phi) is 5.87. The van der Waals surface area contributed by atoms with Crippen LogP contribution in [0.4, 0.5) is 0 Å². The molecule has 2 atom stereocenters. The largest absolute Gasteiger partial charge is 0.385 e. The zero-order valence-corrected chi connectivity index (χ0v) is 17.5. The van der Waals surface area contributed by atoms with Gasteiger partial charge in [0.1, 0.15) is 5.82 Å². The number of methoxy groups -OCH3 is 1. The highest BCUT2D eigenvalue weighted by Crippen LogP contribution is 2.39. The van der Waals surface area contributed by atoms with E-state index in [1.807, 2.05) is 43.6 Å². The second kappa shape index (κ2) is 8.71. The second-order valence-electron chi connectivity index (χ2n) is 7.16. The van der Waals surface area contributed by atoms with Crippen LogP contribution in [0.1, 0.15) is 35.5 Å². The van der Waals surface area contributed by atoms with Crippen molar-refractivity contribution in [2.45, 2.75) is 25.4 Å².